The molecule has 14 heavy (non-hydrogen) atoms. The number of hydrogen-bond acceptors (Lipinski definition) is 3. The van der Waals surface area contributed by atoms with E-state index in [2.05, 4.69) is 10.4 Å². The van der Waals surface area contributed by atoms with Crippen LogP contribution in [0.5, 0.6) is 0 Å². The summed E-state index contributed by atoms with van der Waals surface area (Å²) >= 11 is 0. The number of carbonyl (C=O) groups is 1. The quantitative estimate of drug-likeness (QED) is 0.741. The van der Waals surface area contributed by atoms with Crippen LogP contribution in [0.1, 0.15) is 19.8 Å². The number of hydrogen-bond donors (Lipinski definition) is 2. The molecule has 78 valence electrons. The van der Waals surface area contributed by atoms with Crippen molar-refractivity contribution in [3.63, 3.8) is 0 Å². The summed E-state index contributed by atoms with van der Waals surface area (Å²) in [5.74, 6) is -0.231. The lowest BCUT2D eigenvalue weighted by molar-refractivity contribution is -0.138. The molecule has 0 saturated carbocycles. The van der Waals surface area contributed by atoms with Crippen LogP contribution in [0.15, 0.2) is 12.3 Å². The molecule has 1 aromatic rings. The number of nitrogens with zero attached hydrogens (tertiary/aromatic N) is 2. The van der Waals surface area contributed by atoms with Crippen molar-refractivity contribution in [2.24, 2.45) is 7.05 Å². The molecule has 0 amide bonds. The molecule has 0 aromatic carbocycles. The van der Waals surface area contributed by atoms with Crippen molar-refractivity contribution in [3.8, 4) is 0 Å². The maximum atomic E-state index is 10.8. The Morgan fingerprint density at radius 2 is 2.50 bits per heavy atom. The van der Waals surface area contributed by atoms with Crippen LogP contribution in [-0.4, -0.2) is 26.9 Å². The Morgan fingerprint density at radius 3 is 2.93 bits per heavy atom. The van der Waals surface area contributed by atoms with E-state index in [0.717, 1.165) is 6.42 Å². The van der Waals surface area contributed by atoms with E-state index in [1.165, 1.54) is 0 Å². The number of carboxylic acids is 1. The molecule has 1 rings (SSSR count). The maximum absolute atomic E-state index is 10.8. The average molecular weight is 197 g/mol. The molecule has 1 unspecified atom stereocenters. The fourth-order valence-corrected chi connectivity index (χ4v) is 1.22. The van der Waals surface area contributed by atoms with Crippen LogP contribution >= 0.6 is 0 Å². The van der Waals surface area contributed by atoms with Crippen molar-refractivity contribution >= 4 is 11.8 Å². The smallest absolute Gasteiger partial charge is 0.326 e. The number of aryl methyl sites for hydroxylation is 1. The number of carboxylic acid groups (broad SMARTS) is 1. The fourth-order valence-electron chi connectivity index (χ4n) is 1.22. The van der Waals surface area contributed by atoms with E-state index in [9.17, 15) is 4.79 Å². The summed E-state index contributed by atoms with van der Waals surface area (Å²) in [7, 11) is 1.79. The van der Waals surface area contributed by atoms with Crippen LogP contribution in [-0.2, 0) is 11.8 Å². The van der Waals surface area contributed by atoms with Gasteiger partial charge in [-0.2, -0.15) is 5.10 Å². The highest BCUT2D eigenvalue weighted by Crippen LogP contribution is 2.07. The van der Waals surface area contributed by atoms with Gasteiger partial charge in [0.05, 0.1) is 0 Å². The first-order chi connectivity index (χ1) is 6.63. The SMILES string of the molecule is CCCC(Nc1ccn(C)n1)C(=O)O. The van der Waals surface area contributed by atoms with E-state index in [-0.39, 0.29) is 0 Å². The molecule has 5 heteroatoms. The second-order valence-corrected chi connectivity index (χ2v) is 3.20. The highest BCUT2D eigenvalue weighted by molar-refractivity contribution is 5.76. The van der Waals surface area contributed by atoms with E-state index in [0.29, 0.717) is 12.2 Å². The van der Waals surface area contributed by atoms with E-state index in [1.807, 2.05) is 6.92 Å². The average Bonchev–Trinajstić information content (AvgIpc) is 2.50. The van der Waals surface area contributed by atoms with Crippen LogP contribution in [0.2, 0.25) is 0 Å². The van der Waals surface area contributed by atoms with Crippen molar-refractivity contribution in [1.82, 2.24) is 9.78 Å². The summed E-state index contributed by atoms with van der Waals surface area (Å²) < 4.78 is 1.63. The topological polar surface area (TPSA) is 67.2 Å². The van der Waals surface area contributed by atoms with Gasteiger partial charge >= 0.3 is 5.97 Å². The van der Waals surface area contributed by atoms with Gasteiger partial charge in [-0.3, -0.25) is 4.68 Å². The Morgan fingerprint density at radius 1 is 1.79 bits per heavy atom. The molecule has 0 aliphatic rings. The molecule has 0 saturated heterocycles. The third kappa shape index (κ3) is 2.76. The van der Waals surface area contributed by atoms with E-state index in [1.54, 1.807) is 24.0 Å². The van der Waals surface area contributed by atoms with E-state index in [4.69, 9.17) is 5.11 Å². The zero-order valence-electron chi connectivity index (χ0n) is 8.40. The second kappa shape index (κ2) is 4.64. The van der Waals surface area contributed by atoms with Gasteiger partial charge in [0.1, 0.15) is 11.9 Å². The molecular weight excluding hydrogens is 182 g/mol. The fraction of sp³-hybridized carbons (Fsp3) is 0.556. The number of anilines is 1. The largest absolute Gasteiger partial charge is 0.480 e. The van der Waals surface area contributed by atoms with Crippen LogP contribution in [0.3, 0.4) is 0 Å². The van der Waals surface area contributed by atoms with Gasteiger partial charge in [-0.05, 0) is 6.42 Å². The second-order valence-electron chi connectivity index (χ2n) is 3.20. The molecule has 0 aliphatic carbocycles. The van der Waals surface area contributed by atoms with Crippen LogP contribution in [0.25, 0.3) is 0 Å². The van der Waals surface area contributed by atoms with Gasteiger partial charge < -0.3 is 10.4 Å². The highest BCUT2D eigenvalue weighted by Gasteiger charge is 2.16. The molecule has 1 heterocycles. The molecule has 1 atom stereocenters. The van der Waals surface area contributed by atoms with Crippen molar-refractivity contribution in [1.29, 1.82) is 0 Å². The third-order valence-electron chi connectivity index (χ3n) is 1.91. The third-order valence-corrected chi connectivity index (χ3v) is 1.91. The summed E-state index contributed by atoms with van der Waals surface area (Å²) in [6.07, 6.45) is 3.20. The zero-order valence-corrected chi connectivity index (χ0v) is 8.40. The highest BCUT2D eigenvalue weighted by atomic mass is 16.4. The van der Waals surface area contributed by atoms with Crippen molar-refractivity contribution in [2.75, 3.05) is 5.32 Å². The van der Waals surface area contributed by atoms with Crippen LogP contribution in [0, 0.1) is 0 Å². The minimum absolute atomic E-state index is 0.546. The summed E-state index contributed by atoms with van der Waals surface area (Å²) in [4.78, 5) is 10.8. The first-order valence-corrected chi connectivity index (χ1v) is 4.62. The molecule has 2 N–H and O–H groups in total. The first-order valence-electron chi connectivity index (χ1n) is 4.62. The zero-order chi connectivity index (χ0) is 10.6. The minimum atomic E-state index is -0.836. The maximum Gasteiger partial charge on any atom is 0.326 e. The van der Waals surface area contributed by atoms with Gasteiger partial charge in [-0.25, -0.2) is 4.79 Å². The predicted octanol–water partition coefficient (Wildman–Crippen LogP) is 1.09. The molecular formula is C9H15N3O2. The molecule has 0 radical (unpaired) electrons. The summed E-state index contributed by atoms with van der Waals surface area (Å²) in [6, 6.07) is 1.21. The van der Waals surface area contributed by atoms with Crippen LogP contribution < -0.4 is 5.32 Å². The molecule has 1 aromatic heterocycles. The number of nitrogens with one attached hydrogen (secondary N) is 1. The van der Waals surface area contributed by atoms with Gasteiger partial charge in [0.2, 0.25) is 0 Å². The van der Waals surface area contributed by atoms with E-state index < -0.39 is 12.0 Å². The molecule has 0 aliphatic heterocycles. The van der Waals surface area contributed by atoms with Gasteiger partial charge in [0.15, 0.2) is 0 Å². The Balaban J connectivity index is 2.59. The summed E-state index contributed by atoms with van der Waals surface area (Å²) in [6.45, 7) is 1.95. The lowest BCUT2D eigenvalue weighted by Crippen LogP contribution is -2.29. The molecule has 5 nitrogen and oxygen atoms in total. The van der Waals surface area contributed by atoms with Gasteiger partial charge in [-0.1, -0.05) is 13.3 Å². The molecule has 0 spiro atoms. The number of aliphatic carboxylic acids is 1. The van der Waals surface area contributed by atoms with Crippen LogP contribution in [0.4, 0.5) is 5.82 Å². The Labute approximate surface area is 82.7 Å². The van der Waals surface area contributed by atoms with Crippen molar-refractivity contribution < 1.29 is 9.90 Å². The monoisotopic (exact) mass is 197 g/mol. The Hall–Kier alpha value is -1.52. The molecule has 0 fully saturated rings. The normalized spacial score (nSPS) is 12.4. The standard InChI is InChI=1S/C9H15N3O2/c1-3-4-7(9(13)14)10-8-5-6-12(2)11-8/h5-7H,3-4H2,1-2H3,(H,10,11)(H,13,14). The first kappa shape index (κ1) is 10.6. The predicted molar refractivity (Wildman–Crippen MR) is 53.2 cm³/mol. The van der Waals surface area contributed by atoms with E-state index >= 15 is 0 Å². The lowest BCUT2D eigenvalue weighted by atomic mass is 10.2. The van der Waals surface area contributed by atoms with Gasteiger partial charge in [-0.15, -0.1) is 0 Å². The Kier molecular flexibility index (Phi) is 3.50. The summed E-state index contributed by atoms with van der Waals surface area (Å²) in [5.41, 5.74) is 0. The molecule has 0 bridgehead atoms. The lowest BCUT2D eigenvalue weighted by Gasteiger charge is -2.11. The summed E-state index contributed by atoms with van der Waals surface area (Å²) in [5, 5.41) is 15.8. The minimum Gasteiger partial charge on any atom is -0.480 e. The number of rotatable bonds is 5. The van der Waals surface area contributed by atoms with Gasteiger partial charge in [0.25, 0.3) is 0 Å². The Bertz CT molecular complexity index is 309. The van der Waals surface area contributed by atoms with Crippen molar-refractivity contribution in [2.45, 2.75) is 25.8 Å². The number of aromatic nitrogens is 2. The van der Waals surface area contributed by atoms with Gasteiger partial charge in [0, 0.05) is 19.3 Å². The van der Waals surface area contributed by atoms with Crippen molar-refractivity contribution in [3.05, 3.63) is 12.3 Å².